The van der Waals surface area contributed by atoms with Gasteiger partial charge >= 0.3 is 5.97 Å². The molecule has 5 heteroatoms. The van der Waals surface area contributed by atoms with Gasteiger partial charge in [0.2, 0.25) is 0 Å². The summed E-state index contributed by atoms with van der Waals surface area (Å²) in [6.07, 6.45) is 3.97. The van der Waals surface area contributed by atoms with Crippen LogP contribution in [0.5, 0.6) is 0 Å². The number of carboxylic acid groups (broad SMARTS) is 1. The molecule has 1 atom stereocenters. The zero-order chi connectivity index (χ0) is 17.8. The normalized spacial score (nSPS) is 11.8. The van der Waals surface area contributed by atoms with E-state index in [1.165, 1.54) is 11.8 Å². The first-order valence-electron chi connectivity index (χ1n) is 7.91. The van der Waals surface area contributed by atoms with E-state index in [2.05, 4.69) is 11.1 Å². The van der Waals surface area contributed by atoms with Gasteiger partial charge in [-0.25, -0.2) is 0 Å². The zero-order valence-electron chi connectivity index (χ0n) is 13.6. The van der Waals surface area contributed by atoms with E-state index in [-0.39, 0.29) is 0 Å². The van der Waals surface area contributed by atoms with Crippen molar-refractivity contribution in [1.29, 1.82) is 5.26 Å². The van der Waals surface area contributed by atoms with Crippen molar-refractivity contribution in [3.05, 3.63) is 60.4 Å². The summed E-state index contributed by atoms with van der Waals surface area (Å²) >= 11 is 1.33. The van der Waals surface area contributed by atoms with Gasteiger partial charge in [0.25, 0.3) is 0 Å². The first-order chi connectivity index (χ1) is 12.2. The smallest absolute Gasteiger partial charge is 0.316 e. The molecule has 1 N–H and O–H groups in total. The lowest BCUT2D eigenvalue weighted by molar-refractivity contribution is -0.136. The average Bonchev–Trinajstić information content (AvgIpc) is 2.65. The Labute approximate surface area is 150 Å². The van der Waals surface area contributed by atoms with Crippen molar-refractivity contribution in [3.8, 4) is 17.2 Å². The molecule has 4 nitrogen and oxygen atoms in total. The maximum Gasteiger partial charge on any atom is 0.316 e. The summed E-state index contributed by atoms with van der Waals surface area (Å²) in [5.74, 6) is -0.819. The number of rotatable bonds is 5. The highest BCUT2D eigenvalue weighted by molar-refractivity contribution is 8.00. The van der Waals surface area contributed by atoms with Crippen molar-refractivity contribution < 1.29 is 9.90 Å². The van der Waals surface area contributed by atoms with Crippen LogP contribution < -0.4 is 0 Å². The van der Waals surface area contributed by atoms with Crippen LogP contribution >= 0.6 is 11.8 Å². The van der Waals surface area contributed by atoms with E-state index >= 15 is 0 Å². The predicted octanol–water partition coefficient (Wildman–Crippen LogP) is 4.73. The molecular formula is C20H16N2O2S. The third-order valence-corrected chi connectivity index (χ3v) is 5.46. The number of aliphatic carboxylic acids is 1. The minimum Gasteiger partial charge on any atom is -0.480 e. The minimum absolute atomic E-state index is 0.509. The molecule has 0 radical (unpaired) electrons. The lowest BCUT2D eigenvalue weighted by Crippen LogP contribution is -2.14. The molecule has 1 unspecified atom stereocenters. The van der Waals surface area contributed by atoms with E-state index in [0.717, 1.165) is 26.8 Å². The summed E-state index contributed by atoms with van der Waals surface area (Å²) in [5, 5.41) is 20.0. The van der Waals surface area contributed by atoms with Crippen molar-refractivity contribution in [1.82, 2.24) is 4.98 Å². The molecule has 3 rings (SSSR count). The molecule has 0 spiro atoms. The van der Waals surface area contributed by atoms with Crippen LogP contribution in [0.4, 0.5) is 0 Å². The molecule has 1 heterocycles. The van der Waals surface area contributed by atoms with Crippen LogP contribution in [-0.2, 0) is 4.79 Å². The molecule has 0 aliphatic carbocycles. The highest BCUT2D eigenvalue weighted by Crippen LogP contribution is 2.38. The molecule has 0 amide bonds. The number of thioether (sulfide) groups is 1. The number of carboxylic acids is 1. The van der Waals surface area contributed by atoms with Gasteiger partial charge in [-0.15, -0.1) is 11.8 Å². The number of fused-ring (bicyclic) bond motifs is 1. The lowest BCUT2D eigenvalue weighted by atomic mass is 9.96. The Kier molecular flexibility index (Phi) is 5.01. The van der Waals surface area contributed by atoms with Crippen molar-refractivity contribution in [2.75, 3.05) is 0 Å². The molecule has 0 fully saturated rings. The summed E-state index contributed by atoms with van der Waals surface area (Å²) in [4.78, 5) is 16.5. The fraction of sp³-hybridized carbons (Fsp3) is 0.150. The van der Waals surface area contributed by atoms with E-state index < -0.39 is 11.2 Å². The van der Waals surface area contributed by atoms with Crippen molar-refractivity contribution >= 4 is 28.5 Å². The largest absolute Gasteiger partial charge is 0.480 e. The number of hydrogen-bond donors (Lipinski definition) is 1. The Morgan fingerprint density at radius 3 is 2.64 bits per heavy atom. The molecule has 1 aromatic heterocycles. The van der Waals surface area contributed by atoms with Crippen LogP contribution in [0.25, 0.3) is 21.9 Å². The average molecular weight is 348 g/mol. The van der Waals surface area contributed by atoms with Crippen molar-refractivity contribution in [2.24, 2.45) is 0 Å². The Hall–Kier alpha value is -2.84. The summed E-state index contributed by atoms with van der Waals surface area (Å²) < 4.78 is 0. The van der Waals surface area contributed by atoms with Gasteiger partial charge in [0.1, 0.15) is 5.25 Å². The first-order valence-corrected chi connectivity index (χ1v) is 8.79. The second-order valence-electron chi connectivity index (χ2n) is 5.54. The van der Waals surface area contributed by atoms with E-state index in [1.807, 2.05) is 43.3 Å². The van der Waals surface area contributed by atoms with Crippen LogP contribution in [0, 0.1) is 11.3 Å². The molecule has 0 saturated heterocycles. The standard InChI is InChI=1S/C20H16N2O2S/c1-2-18(20(23)24)25-19-9-10-22-12-17(19)16-8-7-13(11-21)14-5-3-4-6-15(14)16/h3-10,12,18H,2H2,1H3,(H,23,24). The summed E-state index contributed by atoms with van der Waals surface area (Å²) in [6, 6.07) is 15.5. The zero-order valence-corrected chi connectivity index (χ0v) is 14.5. The van der Waals surface area contributed by atoms with Gasteiger partial charge in [0.15, 0.2) is 0 Å². The molecule has 0 aliphatic rings. The molecule has 25 heavy (non-hydrogen) atoms. The molecular weight excluding hydrogens is 332 g/mol. The van der Waals surface area contributed by atoms with Crippen LogP contribution in [-0.4, -0.2) is 21.3 Å². The number of nitriles is 1. The van der Waals surface area contributed by atoms with Gasteiger partial charge in [-0.1, -0.05) is 37.3 Å². The van der Waals surface area contributed by atoms with E-state index in [1.54, 1.807) is 18.5 Å². The topological polar surface area (TPSA) is 74.0 Å². The van der Waals surface area contributed by atoms with Gasteiger partial charge < -0.3 is 5.11 Å². The number of hydrogen-bond acceptors (Lipinski definition) is 4. The molecule has 3 aromatic rings. The molecule has 0 aliphatic heterocycles. The highest BCUT2D eigenvalue weighted by Gasteiger charge is 2.19. The molecule has 124 valence electrons. The van der Waals surface area contributed by atoms with Gasteiger partial charge in [-0.2, -0.15) is 5.26 Å². The third kappa shape index (κ3) is 3.35. The molecule has 0 bridgehead atoms. The maximum absolute atomic E-state index is 11.4. The van der Waals surface area contributed by atoms with Crippen molar-refractivity contribution in [3.63, 3.8) is 0 Å². The number of nitrogens with zero attached hydrogens (tertiary/aromatic N) is 2. The Bertz CT molecular complexity index is 979. The van der Waals surface area contributed by atoms with Gasteiger partial charge in [-0.3, -0.25) is 9.78 Å². The Morgan fingerprint density at radius 2 is 1.96 bits per heavy atom. The monoisotopic (exact) mass is 348 g/mol. The number of carbonyl (C=O) groups is 1. The van der Waals surface area contributed by atoms with Gasteiger partial charge in [-0.05, 0) is 29.5 Å². The molecule has 2 aromatic carbocycles. The second-order valence-corrected chi connectivity index (χ2v) is 6.79. The molecule has 0 saturated carbocycles. The predicted molar refractivity (Wildman–Crippen MR) is 99.5 cm³/mol. The number of benzene rings is 2. The number of pyridine rings is 1. The minimum atomic E-state index is -0.819. The fourth-order valence-electron chi connectivity index (χ4n) is 2.78. The third-order valence-electron chi connectivity index (χ3n) is 4.03. The highest BCUT2D eigenvalue weighted by atomic mass is 32.2. The summed E-state index contributed by atoms with van der Waals surface area (Å²) in [7, 11) is 0. The van der Waals surface area contributed by atoms with E-state index in [0.29, 0.717) is 12.0 Å². The summed E-state index contributed by atoms with van der Waals surface area (Å²) in [6.45, 7) is 1.86. The second kappa shape index (κ2) is 7.37. The van der Waals surface area contributed by atoms with Crippen LogP contribution in [0.15, 0.2) is 59.8 Å². The fourth-order valence-corrected chi connectivity index (χ4v) is 3.78. The lowest BCUT2D eigenvalue weighted by Gasteiger charge is -2.15. The maximum atomic E-state index is 11.4. The van der Waals surface area contributed by atoms with Crippen LogP contribution in [0.2, 0.25) is 0 Å². The van der Waals surface area contributed by atoms with Crippen LogP contribution in [0.3, 0.4) is 0 Å². The Morgan fingerprint density at radius 1 is 1.20 bits per heavy atom. The summed E-state index contributed by atoms with van der Waals surface area (Å²) in [5.41, 5.74) is 2.45. The van der Waals surface area contributed by atoms with Crippen molar-refractivity contribution in [2.45, 2.75) is 23.5 Å². The van der Waals surface area contributed by atoms with Gasteiger partial charge in [0.05, 0.1) is 11.6 Å². The Balaban J connectivity index is 2.17. The van der Waals surface area contributed by atoms with Crippen LogP contribution in [0.1, 0.15) is 18.9 Å². The van der Waals surface area contributed by atoms with E-state index in [9.17, 15) is 15.2 Å². The first kappa shape index (κ1) is 17.0. The quantitative estimate of drug-likeness (QED) is 0.675. The van der Waals surface area contributed by atoms with E-state index in [4.69, 9.17) is 0 Å². The number of aromatic nitrogens is 1. The van der Waals surface area contributed by atoms with Gasteiger partial charge in [0, 0.05) is 28.2 Å². The SMILES string of the molecule is CCC(Sc1ccncc1-c1ccc(C#N)c2ccccc12)C(=O)O.